The molecule has 122 valence electrons. The van der Waals surface area contributed by atoms with Gasteiger partial charge in [-0.1, -0.05) is 18.2 Å². The Labute approximate surface area is 137 Å². The largest absolute Gasteiger partial charge is 0.379 e. The van der Waals surface area contributed by atoms with Crippen LogP contribution >= 0.6 is 11.8 Å². The van der Waals surface area contributed by atoms with Crippen molar-refractivity contribution in [2.75, 3.05) is 38.6 Å². The topological polar surface area (TPSA) is 41.6 Å². The van der Waals surface area contributed by atoms with E-state index in [4.69, 9.17) is 4.74 Å². The Morgan fingerprint density at radius 2 is 1.95 bits per heavy atom. The summed E-state index contributed by atoms with van der Waals surface area (Å²) in [6.07, 6.45) is 0.554. The smallest absolute Gasteiger partial charge is 0.220 e. The predicted molar refractivity (Wildman–Crippen MR) is 91.3 cm³/mol. The molecule has 0 unspecified atom stereocenters. The van der Waals surface area contributed by atoms with E-state index in [-0.39, 0.29) is 11.4 Å². The average molecular weight is 322 g/mol. The van der Waals surface area contributed by atoms with Gasteiger partial charge in [-0.15, -0.1) is 11.8 Å². The number of carbonyl (C=O) groups is 1. The van der Waals surface area contributed by atoms with Gasteiger partial charge >= 0.3 is 0 Å². The van der Waals surface area contributed by atoms with Gasteiger partial charge in [-0.25, -0.2) is 0 Å². The molecule has 4 nitrogen and oxygen atoms in total. The summed E-state index contributed by atoms with van der Waals surface area (Å²) in [5.41, 5.74) is -0.0218. The van der Waals surface area contributed by atoms with Gasteiger partial charge in [0.15, 0.2) is 0 Å². The molecule has 0 saturated carbocycles. The molecule has 0 spiro atoms. The van der Waals surface area contributed by atoms with Crippen LogP contribution in [0.2, 0.25) is 0 Å². The van der Waals surface area contributed by atoms with Gasteiger partial charge < -0.3 is 10.1 Å². The van der Waals surface area contributed by atoms with Crippen LogP contribution in [0.1, 0.15) is 20.3 Å². The summed E-state index contributed by atoms with van der Waals surface area (Å²) in [6.45, 7) is 8.48. The van der Waals surface area contributed by atoms with Crippen molar-refractivity contribution in [3.8, 4) is 0 Å². The van der Waals surface area contributed by atoms with Crippen molar-refractivity contribution in [3.05, 3.63) is 30.3 Å². The second-order valence-electron chi connectivity index (χ2n) is 6.10. The van der Waals surface area contributed by atoms with E-state index >= 15 is 0 Å². The van der Waals surface area contributed by atoms with Gasteiger partial charge in [0.05, 0.1) is 13.2 Å². The fourth-order valence-electron chi connectivity index (χ4n) is 2.46. The number of morpholine rings is 1. The first kappa shape index (κ1) is 17.3. The molecule has 1 N–H and O–H groups in total. The lowest BCUT2D eigenvalue weighted by Crippen LogP contribution is -2.55. The molecule has 0 bridgehead atoms. The average Bonchev–Trinajstić information content (AvgIpc) is 2.55. The number of rotatable bonds is 7. The summed E-state index contributed by atoms with van der Waals surface area (Å²) in [4.78, 5) is 15.6. The van der Waals surface area contributed by atoms with Crippen molar-refractivity contribution < 1.29 is 9.53 Å². The summed E-state index contributed by atoms with van der Waals surface area (Å²) >= 11 is 1.72. The van der Waals surface area contributed by atoms with E-state index in [1.807, 2.05) is 18.2 Å². The first-order valence-corrected chi connectivity index (χ1v) is 8.84. The van der Waals surface area contributed by atoms with Crippen molar-refractivity contribution in [2.24, 2.45) is 0 Å². The Bertz CT molecular complexity index is 459. The van der Waals surface area contributed by atoms with Gasteiger partial charge in [0, 0.05) is 42.2 Å². The van der Waals surface area contributed by atoms with Gasteiger partial charge in [0.2, 0.25) is 5.91 Å². The zero-order chi connectivity index (χ0) is 15.8. The maximum Gasteiger partial charge on any atom is 0.220 e. The van der Waals surface area contributed by atoms with Gasteiger partial charge in [0.1, 0.15) is 0 Å². The summed E-state index contributed by atoms with van der Waals surface area (Å²) in [6, 6.07) is 10.2. The molecule has 1 aliphatic heterocycles. The highest BCUT2D eigenvalue weighted by Crippen LogP contribution is 2.18. The standard InChI is InChI=1S/C17H26N2O2S/c1-17(2,19-9-11-21-12-10-19)14-18-16(20)8-13-22-15-6-4-3-5-7-15/h3-7H,8-14H2,1-2H3,(H,18,20). The second-order valence-corrected chi connectivity index (χ2v) is 7.27. The van der Waals surface area contributed by atoms with E-state index < -0.39 is 0 Å². The van der Waals surface area contributed by atoms with Gasteiger partial charge in [-0.2, -0.15) is 0 Å². The van der Waals surface area contributed by atoms with E-state index in [1.54, 1.807) is 11.8 Å². The van der Waals surface area contributed by atoms with Crippen LogP contribution in [0, 0.1) is 0 Å². The van der Waals surface area contributed by atoms with Crippen LogP contribution in [0.3, 0.4) is 0 Å². The number of nitrogens with zero attached hydrogens (tertiary/aromatic N) is 1. The minimum atomic E-state index is -0.0218. The number of hydrogen-bond acceptors (Lipinski definition) is 4. The van der Waals surface area contributed by atoms with Gasteiger partial charge in [-0.3, -0.25) is 9.69 Å². The summed E-state index contributed by atoms with van der Waals surface area (Å²) < 4.78 is 5.38. The van der Waals surface area contributed by atoms with Crippen LogP contribution in [0.4, 0.5) is 0 Å². The lowest BCUT2D eigenvalue weighted by molar-refractivity contribution is -0.121. The molecule has 1 saturated heterocycles. The molecule has 22 heavy (non-hydrogen) atoms. The van der Waals surface area contributed by atoms with Crippen LogP contribution in [0.15, 0.2) is 35.2 Å². The van der Waals surface area contributed by atoms with Crippen LogP contribution in [0.25, 0.3) is 0 Å². The lowest BCUT2D eigenvalue weighted by atomic mass is 10.0. The van der Waals surface area contributed by atoms with E-state index in [2.05, 4.69) is 36.2 Å². The van der Waals surface area contributed by atoms with Crippen molar-refractivity contribution in [3.63, 3.8) is 0 Å². The second kappa shape index (κ2) is 8.56. The maximum atomic E-state index is 12.0. The van der Waals surface area contributed by atoms with Crippen LogP contribution in [-0.2, 0) is 9.53 Å². The Morgan fingerprint density at radius 3 is 2.64 bits per heavy atom. The molecular weight excluding hydrogens is 296 g/mol. The molecule has 1 aliphatic rings. The quantitative estimate of drug-likeness (QED) is 0.783. The van der Waals surface area contributed by atoms with E-state index in [0.717, 1.165) is 32.1 Å². The maximum absolute atomic E-state index is 12.0. The molecule has 1 aromatic rings. The van der Waals surface area contributed by atoms with Gasteiger partial charge in [-0.05, 0) is 26.0 Å². The molecule has 1 heterocycles. The molecule has 0 atom stereocenters. The summed E-state index contributed by atoms with van der Waals surface area (Å²) in [5.74, 6) is 0.943. The van der Waals surface area contributed by atoms with Crippen LogP contribution in [0.5, 0.6) is 0 Å². The molecule has 1 fully saturated rings. The molecule has 0 radical (unpaired) electrons. The van der Waals surface area contributed by atoms with E-state index in [9.17, 15) is 4.79 Å². The number of benzene rings is 1. The molecule has 5 heteroatoms. The SMILES string of the molecule is CC(C)(CNC(=O)CCSc1ccccc1)N1CCOCC1. The Morgan fingerprint density at radius 1 is 1.27 bits per heavy atom. The van der Waals surface area contributed by atoms with E-state index in [0.29, 0.717) is 13.0 Å². The highest BCUT2D eigenvalue weighted by molar-refractivity contribution is 7.99. The van der Waals surface area contributed by atoms with Crippen molar-refractivity contribution in [2.45, 2.75) is 30.7 Å². The third-order valence-corrected chi connectivity index (χ3v) is 4.94. The molecular formula is C17H26N2O2S. The summed E-state index contributed by atoms with van der Waals surface area (Å²) in [7, 11) is 0. The number of amides is 1. The molecule has 2 rings (SSSR count). The van der Waals surface area contributed by atoms with Gasteiger partial charge in [0.25, 0.3) is 0 Å². The predicted octanol–water partition coefficient (Wildman–Crippen LogP) is 2.40. The Kier molecular flexibility index (Phi) is 6.73. The Balaban J connectivity index is 1.66. The molecule has 1 aromatic carbocycles. The Hall–Kier alpha value is -1.04. The molecule has 1 amide bonds. The number of carbonyl (C=O) groups excluding carboxylic acids is 1. The minimum Gasteiger partial charge on any atom is -0.379 e. The summed E-state index contributed by atoms with van der Waals surface area (Å²) in [5, 5.41) is 3.07. The fourth-order valence-corrected chi connectivity index (χ4v) is 3.33. The van der Waals surface area contributed by atoms with Crippen molar-refractivity contribution in [1.29, 1.82) is 0 Å². The van der Waals surface area contributed by atoms with Crippen molar-refractivity contribution in [1.82, 2.24) is 10.2 Å². The minimum absolute atomic E-state index is 0.0218. The first-order chi connectivity index (χ1) is 10.6. The van der Waals surface area contributed by atoms with Crippen LogP contribution < -0.4 is 5.32 Å². The zero-order valence-electron chi connectivity index (χ0n) is 13.5. The van der Waals surface area contributed by atoms with E-state index in [1.165, 1.54) is 4.90 Å². The molecule has 0 aliphatic carbocycles. The number of ether oxygens (including phenoxy) is 1. The third-order valence-electron chi connectivity index (χ3n) is 3.93. The highest BCUT2D eigenvalue weighted by Gasteiger charge is 2.28. The fraction of sp³-hybridized carbons (Fsp3) is 0.588. The first-order valence-electron chi connectivity index (χ1n) is 7.85. The number of hydrogen-bond donors (Lipinski definition) is 1. The van der Waals surface area contributed by atoms with Crippen LogP contribution in [-0.4, -0.2) is 54.9 Å². The monoisotopic (exact) mass is 322 g/mol. The lowest BCUT2D eigenvalue weighted by Gasteiger charge is -2.40. The molecule has 0 aromatic heterocycles. The number of nitrogens with one attached hydrogen (secondary N) is 1. The zero-order valence-corrected chi connectivity index (χ0v) is 14.3. The van der Waals surface area contributed by atoms with Crippen molar-refractivity contribution >= 4 is 17.7 Å². The number of thioether (sulfide) groups is 1. The highest BCUT2D eigenvalue weighted by atomic mass is 32.2. The third kappa shape index (κ3) is 5.63. The normalized spacial score (nSPS) is 16.5.